The number of benzene rings is 1. The zero-order valence-electron chi connectivity index (χ0n) is 16.0. The molecule has 0 saturated heterocycles. The number of aliphatic imine (C=N–C) groups is 1. The van der Waals surface area contributed by atoms with Crippen LogP contribution in [0.4, 0.5) is 0 Å². The first-order chi connectivity index (χ1) is 13.2. The van der Waals surface area contributed by atoms with E-state index in [0.29, 0.717) is 5.92 Å². The Morgan fingerprint density at radius 2 is 2.04 bits per heavy atom. The Labute approximate surface area is 160 Å². The van der Waals surface area contributed by atoms with Gasteiger partial charge in [0, 0.05) is 42.3 Å². The molecule has 1 aromatic carbocycles. The number of aromatic nitrogens is 2. The van der Waals surface area contributed by atoms with Gasteiger partial charge in [-0.25, -0.2) is 0 Å². The highest BCUT2D eigenvalue weighted by molar-refractivity contribution is 6.12. The second-order valence-electron chi connectivity index (χ2n) is 6.98. The third-order valence-corrected chi connectivity index (χ3v) is 5.07. The molecule has 4 rings (SSSR count). The maximum absolute atomic E-state index is 4.72. The number of fused-ring (bicyclic) bond motifs is 2. The molecule has 0 fully saturated rings. The van der Waals surface area contributed by atoms with Crippen molar-refractivity contribution >= 4 is 28.3 Å². The molecule has 2 heterocycles. The highest BCUT2D eigenvalue weighted by Gasteiger charge is 2.23. The van der Waals surface area contributed by atoms with Gasteiger partial charge in [-0.15, -0.1) is 0 Å². The van der Waals surface area contributed by atoms with Gasteiger partial charge >= 0.3 is 0 Å². The highest BCUT2D eigenvalue weighted by atomic mass is 14.7. The van der Waals surface area contributed by atoms with Crippen molar-refractivity contribution in [1.29, 1.82) is 0 Å². The molecular formula is C24H23N3. The lowest BCUT2D eigenvalue weighted by Gasteiger charge is -2.24. The van der Waals surface area contributed by atoms with Crippen molar-refractivity contribution in [2.45, 2.75) is 20.3 Å². The van der Waals surface area contributed by atoms with Crippen molar-refractivity contribution in [2.75, 3.05) is 7.05 Å². The summed E-state index contributed by atoms with van der Waals surface area (Å²) in [4.78, 5) is 13.4. The average molecular weight is 353 g/mol. The minimum atomic E-state index is 0.453. The van der Waals surface area contributed by atoms with Crippen molar-refractivity contribution in [3.63, 3.8) is 0 Å². The molecule has 3 heteroatoms. The molecule has 0 bridgehead atoms. The number of hydrogen-bond donors (Lipinski definition) is 0. The van der Waals surface area contributed by atoms with Gasteiger partial charge in [0.25, 0.3) is 0 Å². The van der Waals surface area contributed by atoms with Crippen LogP contribution in [-0.4, -0.2) is 23.2 Å². The Morgan fingerprint density at radius 3 is 2.85 bits per heavy atom. The van der Waals surface area contributed by atoms with Gasteiger partial charge in [-0.05, 0) is 65.8 Å². The summed E-state index contributed by atoms with van der Waals surface area (Å²) in [5.41, 5.74) is 8.18. The molecule has 3 nitrogen and oxygen atoms in total. The number of allylic oxidation sites excluding steroid dienone is 3. The van der Waals surface area contributed by atoms with Crippen LogP contribution < -0.4 is 0 Å². The molecule has 0 radical (unpaired) electrons. The predicted octanol–water partition coefficient (Wildman–Crippen LogP) is 5.36. The second kappa shape index (κ2) is 7.28. The first kappa shape index (κ1) is 17.3. The Hall–Kier alpha value is -3.07. The highest BCUT2D eigenvalue weighted by Crippen LogP contribution is 2.38. The van der Waals surface area contributed by atoms with Crippen LogP contribution in [-0.2, 0) is 6.42 Å². The first-order valence-electron chi connectivity index (χ1n) is 9.35. The van der Waals surface area contributed by atoms with Gasteiger partial charge < -0.3 is 0 Å². The molecule has 1 aliphatic rings. The Balaban J connectivity index is 1.94. The minimum Gasteiger partial charge on any atom is -0.296 e. The normalized spacial score (nSPS) is 17.2. The lowest BCUT2D eigenvalue weighted by Crippen LogP contribution is -2.12. The minimum absolute atomic E-state index is 0.453. The first-order valence-corrected chi connectivity index (χ1v) is 9.35. The van der Waals surface area contributed by atoms with Gasteiger partial charge in [0.15, 0.2) is 0 Å². The summed E-state index contributed by atoms with van der Waals surface area (Å²) in [6.07, 6.45) is 11.1. The molecule has 2 aromatic heterocycles. The van der Waals surface area contributed by atoms with Gasteiger partial charge in [0.1, 0.15) is 0 Å². The van der Waals surface area contributed by atoms with Crippen LogP contribution in [0, 0.1) is 5.92 Å². The number of rotatable bonds is 3. The molecule has 0 saturated carbocycles. The quantitative estimate of drug-likeness (QED) is 0.595. The summed E-state index contributed by atoms with van der Waals surface area (Å²) in [7, 11) is 1.81. The van der Waals surface area contributed by atoms with Crippen LogP contribution in [0.25, 0.3) is 22.0 Å². The third kappa shape index (κ3) is 3.21. The van der Waals surface area contributed by atoms with Crippen LogP contribution >= 0.6 is 0 Å². The van der Waals surface area contributed by atoms with Gasteiger partial charge in [0.2, 0.25) is 0 Å². The van der Waals surface area contributed by atoms with Gasteiger partial charge in [0.05, 0.1) is 5.52 Å². The topological polar surface area (TPSA) is 38.1 Å². The van der Waals surface area contributed by atoms with Crippen molar-refractivity contribution in [2.24, 2.45) is 10.9 Å². The zero-order valence-corrected chi connectivity index (χ0v) is 16.0. The number of nitrogens with zero attached hydrogens (tertiary/aromatic N) is 3. The Morgan fingerprint density at radius 1 is 1.15 bits per heavy atom. The van der Waals surface area contributed by atoms with Crippen molar-refractivity contribution in [1.82, 2.24) is 9.97 Å². The van der Waals surface area contributed by atoms with Gasteiger partial charge in [-0.2, -0.15) is 0 Å². The fourth-order valence-electron chi connectivity index (χ4n) is 3.86. The molecular weight excluding hydrogens is 330 g/mol. The van der Waals surface area contributed by atoms with E-state index in [2.05, 4.69) is 66.3 Å². The fraction of sp³-hybridized carbons (Fsp3) is 0.208. The van der Waals surface area contributed by atoms with E-state index in [1.807, 2.05) is 31.7 Å². The SMILES string of the molecule is C/C=C(\C=NC)c1ccnc2c1C(c1ccc3ncccc3c1)=CC(C)C2. The van der Waals surface area contributed by atoms with Crippen molar-refractivity contribution < 1.29 is 0 Å². The van der Waals surface area contributed by atoms with E-state index < -0.39 is 0 Å². The molecule has 27 heavy (non-hydrogen) atoms. The standard InChI is InChI=1S/C24H23N3/c1-4-17(15-25-3)20-9-11-27-23-13-16(2)12-21(24(20)23)18-7-8-22-19(14-18)6-5-10-26-22/h4-12,14-16H,13H2,1-3H3/b17-4+,25-15?. The molecule has 0 amide bonds. The summed E-state index contributed by atoms with van der Waals surface area (Å²) >= 11 is 0. The molecule has 0 N–H and O–H groups in total. The van der Waals surface area contributed by atoms with Gasteiger partial charge in [-0.3, -0.25) is 15.0 Å². The lowest BCUT2D eigenvalue weighted by atomic mass is 9.81. The van der Waals surface area contributed by atoms with Crippen LogP contribution in [0.15, 0.2) is 65.9 Å². The molecule has 1 unspecified atom stereocenters. The monoisotopic (exact) mass is 353 g/mol. The zero-order chi connectivity index (χ0) is 18.8. The van der Waals surface area contributed by atoms with Crippen LogP contribution in [0.2, 0.25) is 0 Å². The number of hydrogen-bond acceptors (Lipinski definition) is 3. The summed E-state index contributed by atoms with van der Waals surface area (Å²) in [5, 5.41) is 1.16. The maximum atomic E-state index is 4.72. The lowest BCUT2D eigenvalue weighted by molar-refractivity contribution is 0.695. The largest absolute Gasteiger partial charge is 0.296 e. The third-order valence-electron chi connectivity index (χ3n) is 5.07. The second-order valence-corrected chi connectivity index (χ2v) is 6.98. The van der Waals surface area contributed by atoms with E-state index in [-0.39, 0.29) is 0 Å². The van der Waals surface area contributed by atoms with Crippen LogP contribution in [0.5, 0.6) is 0 Å². The molecule has 3 aromatic rings. The van der Waals surface area contributed by atoms with Crippen LogP contribution in [0.3, 0.4) is 0 Å². The fourth-order valence-corrected chi connectivity index (χ4v) is 3.86. The summed E-state index contributed by atoms with van der Waals surface area (Å²) in [6.45, 7) is 4.31. The van der Waals surface area contributed by atoms with E-state index in [0.717, 1.165) is 28.6 Å². The van der Waals surface area contributed by atoms with Crippen molar-refractivity contribution in [3.8, 4) is 0 Å². The summed E-state index contributed by atoms with van der Waals surface area (Å²) < 4.78 is 0. The van der Waals surface area contributed by atoms with E-state index in [9.17, 15) is 0 Å². The summed E-state index contributed by atoms with van der Waals surface area (Å²) in [5.74, 6) is 0.453. The average Bonchev–Trinajstić information content (AvgIpc) is 2.70. The van der Waals surface area contributed by atoms with Gasteiger partial charge in [-0.1, -0.05) is 31.2 Å². The molecule has 1 aliphatic carbocycles. The molecule has 1 atom stereocenters. The molecule has 134 valence electrons. The van der Waals surface area contributed by atoms with E-state index in [1.165, 1.54) is 22.3 Å². The smallest absolute Gasteiger partial charge is 0.0702 e. The molecule has 0 aliphatic heterocycles. The van der Waals surface area contributed by atoms with E-state index in [1.54, 1.807) is 0 Å². The number of pyridine rings is 2. The Bertz CT molecular complexity index is 1090. The van der Waals surface area contributed by atoms with E-state index in [4.69, 9.17) is 4.98 Å². The van der Waals surface area contributed by atoms with Crippen LogP contribution in [0.1, 0.15) is 36.2 Å². The van der Waals surface area contributed by atoms with E-state index >= 15 is 0 Å². The Kier molecular flexibility index (Phi) is 4.68. The summed E-state index contributed by atoms with van der Waals surface area (Å²) in [6, 6.07) is 12.7. The molecule has 0 spiro atoms. The predicted molar refractivity (Wildman–Crippen MR) is 114 cm³/mol. The maximum Gasteiger partial charge on any atom is 0.0702 e. The van der Waals surface area contributed by atoms with Crippen molar-refractivity contribution in [3.05, 3.63) is 83.3 Å².